The molecule has 1 saturated heterocycles. The van der Waals surface area contributed by atoms with E-state index in [4.69, 9.17) is 11.6 Å². The molecule has 5 heteroatoms. The van der Waals surface area contributed by atoms with E-state index >= 15 is 0 Å². The first-order chi connectivity index (χ1) is 9.85. The standard InChI is InChI=1S/C16H17ClN2O2/c1-16(2)7-11-13(12(20)8-16)14(19-15(21)18-11)9-3-5-10(17)6-4-9/h3-7,13-14H,8H2,1-2H3,(H2,18,19,21)/t13-,14-/m1/s1. The molecule has 110 valence electrons. The lowest BCUT2D eigenvalue weighted by atomic mass is 9.72. The molecular weight excluding hydrogens is 288 g/mol. The highest BCUT2D eigenvalue weighted by Crippen LogP contribution is 2.40. The number of carbonyl (C=O) groups is 2. The molecule has 2 amide bonds. The van der Waals surface area contributed by atoms with Gasteiger partial charge < -0.3 is 10.6 Å². The van der Waals surface area contributed by atoms with Crippen LogP contribution in [0.2, 0.25) is 5.02 Å². The van der Waals surface area contributed by atoms with Gasteiger partial charge in [-0.05, 0) is 23.1 Å². The first-order valence-corrected chi connectivity index (χ1v) is 7.32. The van der Waals surface area contributed by atoms with Gasteiger partial charge in [0.2, 0.25) is 0 Å². The van der Waals surface area contributed by atoms with Crippen molar-refractivity contribution >= 4 is 23.4 Å². The van der Waals surface area contributed by atoms with Crippen LogP contribution >= 0.6 is 11.6 Å². The normalized spacial score (nSPS) is 27.3. The molecule has 0 bridgehead atoms. The molecule has 21 heavy (non-hydrogen) atoms. The lowest BCUT2D eigenvalue weighted by molar-refractivity contribution is -0.125. The van der Waals surface area contributed by atoms with E-state index in [0.29, 0.717) is 17.1 Å². The number of amides is 2. The van der Waals surface area contributed by atoms with Gasteiger partial charge in [0.05, 0.1) is 12.0 Å². The van der Waals surface area contributed by atoms with Gasteiger partial charge in [-0.3, -0.25) is 4.79 Å². The zero-order valence-corrected chi connectivity index (χ0v) is 12.7. The molecule has 3 rings (SSSR count). The number of hydrogen-bond acceptors (Lipinski definition) is 2. The molecule has 2 N–H and O–H groups in total. The van der Waals surface area contributed by atoms with Crippen molar-refractivity contribution in [2.24, 2.45) is 11.3 Å². The number of urea groups is 1. The van der Waals surface area contributed by atoms with Crippen LogP contribution in [0.25, 0.3) is 0 Å². The molecule has 1 fully saturated rings. The number of fused-ring (bicyclic) bond motifs is 1. The predicted octanol–water partition coefficient (Wildman–Crippen LogP) is 3.19. The predicted molar refractivity (Wildman–Crippen MR) is 80.8 cm³/mol. The van der Waals surface area contributed by atoms with Gasteiger partial charge in [-0.25, -0.2) is 4.79 Å². The molecule has 2 atom stereocenters. The van der Waals surface area contributed by atoms with E-state index in [1.165, 1.54) is 0 Å². The monoisotopic (exact) mass is 304 g/mol. The number of rotatable bonds is 1. The zero-order chi connectivity index (χ0) is 15.2. The average molecular weight is 305 g/mol. The Bertz CT molecular complexity index is 634. The minimum atomic E-state index is -0.350. The number of Topliss-reactive ketones (excluding diaryl/α,β-unsaturated/α-hetero) is 1. The fourth-order valence-electron chi connectivity index (χ4n) is 3.11. The minimum Gasteiger partial charge on any atom is -0.330 e. The Labute approximate surface area is 128 Å². The molecule has 1 aliphatic heterocycles. The van der Waals surface area contributed by atoms with Gasteiger partial charge in [0.25, 0.3) is 0 Å². The van der Waals surface area contributed by atoms with E-state index in [-0.39, 0.29) is 29.2 Å². The van der Waals surface area contributed by atoms with Crippen molar-refractivity contribution in [2.45, 2.75) is 26.3 Å². The topological polar surface area (TPSA) is 58.2 Å². The number of halogens is 1. The summed E-state index contributed by atoms with van der Waals surface area (Å²) < 4.78 is 0. The maximum atomic E-state index is 12.5. The fourth-order valence-corrected chi connectivity index (χ4v) is 3.24. The van der Waals surface area contributed by atoms with E-state index in [1.807, 2.05) is 32.1 Å². The SMILES string of the molecule is CC1(C)C=C2NC(=O)N[C@H](c3ccc(Cl)cc3)[C@H]2C(=O)C1. The summed E-state index contributed by atoms with van der Waals surface area (Å²) in [6.07, 6.45) is 2.48. The Morgan fingerprint density at radius 3 is 2.52 bits per heavy atom. The second-order valence-corrected chi connectivity index (χ2v) is 6.77. The average Bonchev–Trinajstić information content (AvgIpc) is 2.36. The lowest BCUT2D eigenvalue weighted by Crippen LogP contribution is -2.53. The zero-order valence-electron chi connectivity index (χ0n) is 11.9. The number of allylic oxidation sites excluding steroid dienone is 1. The Hall–Kier alpha value is -1.81. The third-order valence-corrected chi connectivity index (χ3v) is 4.22. The van der Waals surface area contributed by atoms with Crippen molar-refractivity contribution < 1.29 is 9.59 Å². The Kier molecular flexibility index (Phi) is 3.29. The molecule has 1 aliphatic carbocycles. The number of ketones is 1. The van der Waals surface area contributed by atoms with Crippen LogP contribution in [0.4, 0.5) is 4.79 Å². The van der Waals surface area contributed by atoms with Crippen LogP contribution in [-0.2, 0) is 4.79 Å². The van der Waals surface area contributed by atoms with Gasteiger partial charge in [-0.2, -0.15) is 0 Å². The van der Waals surface area contributed by atoms with Crippen LogP contribution in [0.1, 0.15) is 31.9 Å². The van der Waals surface area contributed by atoms with E-state index in [1.54, 1.807) is 12.1 Å². The minimum absolute atomic E-state index is 0.143. The second kappa shape index (κ2) is 4.88. The number of nitrogens with one attached hydrogen (secondary N) is 2. The summed E-state index contributed by atoms with van der Waals surface area (Å²) in [6.45, 7) is 4.00. The maximum Gasteiger partial charge on any atom is 0.319 e. The van der Waals surface area contributed by atoms with Gasteiger partial charge in [0, 0.05) is 17.1 Å². The molecule has 4 nitrogen and oxygen atoms in total. The quantitative estimate of drug-likeness (QED) is 0.837. The first kappa shape index (κ1) is 14.1. The number of carbonyl (C=O) groups excluding carboxylic acids is 2. The van der Waals surface area contributed by atoms with Crippen molar-refractivity contribution in [3.05, 3.63) is 46.6 Å². The molecule has 0 unspecified atom stereocenters. The lowest BCUT2D eigenvalue weighted by Gasteiger charge is -2.40. The first-order valence-electron chi connectivity index (χ1n) is 6.94. The van der Waals surface area contributed by atoms with Crippen LogP contribution in [0, 0.1) is 11.3 Å². The summed E-state index contributed by atoms with van der Waals surface area (Å²) >= 11 is 5.90. The molecule has 0 spiro atoms. The van der Waals surface area contributed by atoms with E-state index < -0.39 is 0 Å². The molecule has 0 radical (unpaired) electrons. The third kappa shape index (κ3) is 2.68. The van der Waals surface area contributed by atoms with Gasteiger partial charge in [-0.1, -0.05) is 43.7 Å². The van der Waals surface area contributed by atoms with Gasteiger partial charge in [-0.15, -0.1) is 0 Å². The molecule has 0 saturated carbocycles. The summed E-state index contributed by atoms with van der Waals surface area (Å²) in [7, 11) is 0. The highest BCUT2D eigenvalue weighted by atomic mass is 35.5. The van der Waals surface area contributed by atoms with Crippen LogP contribution in [0.3, 0.4) is 0 Å². The van der Waals surface area contributed by atoms with Crippen molar-refractivity contribution in [1.82, 2.24) is 10.6 Å². The molecular formula is C16H17ClN2O2. The summed E-state index contributed by atoms with van der Waals surface area (Å²) in [4.78, 5) is 24.4. The smallest absolute Gasteiger partial charge is 0.319 e. The number of hydrogen-bond donors (Lipinski definition) is 2. The van der Waals surface area contributed by atoms with Crippen molar-refractivity contribution in [3.8, 4) is 0 Å². The second-order valence-electron chi connectivity index (χ2n) is 6.34. The highest BCUT2D eigenvalue weighted by molar-refractivity contribution is 6.30. The molecule has 1 heterocycles. The molecule has 0 aromatic heterocycles. The highest BCUT2D eigenvalue weighted by Gasteiger charge is 2.43. The van der Waals surface area contributed by atoms with E-state index in [0.717, 1.165) is 5.56 Å². The van der Waals surface area contributed by atoms with Crippen LogP contribution in [0.15, 0.2) is 36.0 Å². The summed E-state index contributed by atoms with van der Waals surface area (Å²) in [5, 5.41) is 6.26. The van der Waals surface area contributed by atoms with Gasteiger partial charge in [0.1, 0.15) is 5.78 Å². The third-order valence-electron chi connectivity index (χ3n) is 3.96. The molecule has 1 aromatic carbocycles. The van der Waals surface area contributed by atoms with Crippen molar-refractivity contribution in [3.63, 3.8) is 0 Å². The van der Waals surface area contributed by atoms with Crippen LogP contribution in [0.5, 0.6) is 0 Å². The van der Waals surface area contributed by atoms with Crippen molar-refractivity contribution in [1.29, 1.82) is 0 Å². The summed E-state index contributed by atoms with van der Waals surface area (Å²) in [5.74, 6) is -0.207. The molecule has 2 aliphatic rings. The van der Waals surface area contributed by atoms with Gasteiger partial charge >= 0.3 is 6.03 Å². The summed E-state index contributed by atoms with van der Waals surface area (Å²) in [6, 6.07) is 6.62. The maximum absolute atomic E-state index is 12.5. The Morgan fingerprint density at radius 2 is 1.86 bits per heavy atom. The van der Waals surface area contributed by atoms with E-state index in [2.05, 4.69) is 10.6 Å². The van der Waals surface area contributed by atoms with Crippen LogP contribution in [-0.4, -0.2) is 11.8 Å². The Balaban J connectivity index is 2.03. The number of benzene rings is 1. The van der Waals surface area contributed by atoms with E-state index in [9.17, 15) is 9.59 Å². The van der Waals surface area contributed by atoms with Crippen LogP contribution < -0.4 is 10.6 Å². The fraction of sp³-hybridized carbons (Fsp3) is 0.375. The van der Waals surface area contributed by atoms with Crippen molar-refractivity contribution in [2.75, 3.05) is 0 Å². The largest absolute Gasteiger partial charge is 0.330 e. The summed E-state index contributed by atoms with van der Waals surface area (Å²) in [5.41, 5.74) is 1.37. The Morgan fingerprint density at radius 1 is 1.19 bits per heavy atom. The van der Waals surface area contributed by atoms with Gasteiger partial charge in [0.15, 0.2) is 0 Å². The molecule has 1 aromatic rings.